The molecule has 2 aromatic heterocycles. The zero-order valence-corrected chi connectivity index (χ0v) is 19.9. The minimum absolute atomic E-state index is 0.0516. The van der Waals surface area contributed by atoms with E-state index in [-0.39, 0.29) is 24.8 Å². The van der Waals surface area contributed by atoms with Crippen LogP contribution in [0.15, 0.2) is 36.5 Å². The number of fused-ring (bicyclic) bond motifs is 2. The number of aromatic amines is 1. The second kappa shape index (κ2) is 8.51. The molecule has 1 saturated heterocycles. The molecule has 7 nitrogen and oxygen atoms in total. The Hall–Kier alpha value is -3.70. The van der Waals surface area contributed by atoms with Crippen molar-refractivity contribution >= 4 is 27.8 Å². The molecule has 0 radical (unpaired) electrons. The maximum absolute atomic E-state index is 14.2. The number of aryl methyl sites for hydroxylation is 1. The predicted octanol–water partition coefficient (Wildman–Crippen LogP) is 5.49. The van der Waals surface area contributed by atoms with Crippen LogP contribution in [0, 0.1) is 24.1 Å². The highest BCUT2D eigenvalue weighted by Gasteiger charge is 2.37. The van der Waals surface area contributed by atoms with Gasteiger partial charge in [0.05, 0.1) is 29.9 Å². The number of carbonyl (C=O) groups is 1. The minimum Gasteiger partial charge on any atom is -0.479 e. The molecule has 2 aromatic carbocycles. The predicted molar refractivity (Wildman–Crippen MR) is 130 cm³/mol. The number of aromatic nitrogens is 3. The van der Waals surface area contributed by atoms with E-state index in [9.17, 15) is 19.6 Å². The summed E-state index contributed by atoms with van der Waals surface area (Å²) < 4.78 is 22.1. The number of nitrogens with one attached hydrogen (secondary N) is 1. The van der Waals surface area contributed by atoms with Gasteiger partial charge in [0, 0.05) is 39.9 Å². The Balaban J connectivity index is 1.84. The standard InChI is InChI=1S/C27H27FN4O3/c1-15-10-18(5-6-20(15)28)32-22-11-17-13-30-31-21(17)12-19(22)24(25(32)27(2,3)8-9-29)16-4-7-23(26(33)34)35-14-16/h5-6,10-13,16,23H,4,7-8,14H2,1-3H3,(H,30,31)(H,33,34)/t16-,23+/m0/s1. The summed E-state index contributed by atoms with van der Waals surface area (Å²) in [5.41, 5.74) is 4.62. The lowest BCUT2D eigenvalue weighted by atomic mass is 9.78. The van der Waals surface area contributed by atoms with E-state index >= 15 is 0 Å². The molecule has 1 aliphatic rings. The Kier molecular flexibility index (Phi) is 5.60. The van der Waals surface area contributed by atoms with E-state index in [2.05, 4.69) is 33.0 Å². The lowest BCUT2D eigenvalue weighted by Gasteiger charge is -2.32. The number of hydrogen-bond donors (Lipinski definition) is 2. The number of carboxylic acid groups (broad SMARTS) is 1. The molecule has 1 fully saturated rings. The van der Waals surface area contributed by atoms with Gasteiger partial charge < -0.3 is 14.4 Å². The number of halogens is 1. The van der Waals surface area contributed by atoms with Gasteiger partial charge in [-0.1, -0.05) is 13.8 Å². The molecule has 0 spiro atoms. The van der Waals surface area contributed by atoms with Crippen molar-refractivity contribution in [1.29, 1.82) is 5.26 Å². The van der Waals surface area contributed by atoms with Crippen molar-refractivity contribution in [2.24, 2.45) is 0 Å². The molecule has 2 atom stereocenters. The molecule has 0 amide bonds. The van der Waals surface area contributed by atoms with Crippen molar-refractivity contribution in [3.05, 3.63) is 59.2 Å². The SMILES string of the molecule is Cc1cc(-n2c(C(C)(C)CC#N)c([C@H]3CC[C@H](C(=O)O)OC3)c3cc4[nH]ncc4cc32)ccc1F. The summed E-state index contributed by atoms with van der Waals surface area (Å²) in [4.78, 5) is 11.5. The molecule has 8 heteroatoms. The van der Waals surface area contributed by atoms with Crippen LogP contribution >= 0.6 is 0 Å². The van der Waals surface area contributed by atoms with Gasteiger partial charge in [0.15, 0.2) is 6.10 Å². The number of nitriles is 1. The molecule has 5 rings (SSSR count). The zero-order chi connectivity index (χ0) is 24.9. The van der Waals surface area contributed by atoms with E-state index in [1.165, 1.54) is 6.07 Å². The van der Waals surface area contributed by atoms with E-state index in [0.717, 1.165) is 38.8 Å². The van der Waals surface area contributed by atoms with E-state index in [1.54, 1.807) is 19.2 Å². The van der Waals surface area contributed by atoms with Crippen molar-refractivity contribution in [2.45, 2.75) is 57.5 Å². The molecular weight excluding hydrogens is 447 g/mol. The van der Waals surface area contributed by atoms with Crippen molar-refractivity contribution in [3.63, 3.8) is 0 Å². The first-order chi connectivity index (χ1) is 16.7. The average Bonchev–Trinajstić information content (AvgIpc) is 3.41. The molecule has 4 aromatic rings. The maximum Gasteiger partial charge on any atom is 0.332 e. The number of nitrogens with zero attached hydrogens (tertiary/aromatic N) is 3. The number of ether oxygens (including phenoxy) is 1. The van der Waals surface area contributed by atoms with E-state index in [1.807, 2.05) is 19.9 Å². The first kappa shape index (κ1) is 23.1. The molecule has 0 aliphatic carbocycles. The van der Waals surface area contributed by atoms with Crippen LogP contribution in [0.5, 0.6) is 0 Å². The second-order valence-electron chi connectivity index (χ2n) is 10.0. The quantitative estimate of drug-likeness (QED) is 0.398. The molecule has 3 heterocycles. The Labute approximate surface area is 202 Å². The average molecular weight is 475 g/mol. The van der Waals surface area contributed by atoms with Crippen LogP contribution in [0.4, 0.5) is 4.39 Å². The van der Waals surface area contributed by atoms with Gasteiger partial charge in [0.25, 0.3) is 0 Å². The monoisotopic (exact) mass is 474 g/mol. The normalized spacial score (nSPS) is 18.7. The first-order valence-electron chi connectivity index (χ1n) is 11.7. The smallest absolute Gasteiger partial charge is 0.332 e. The van der Waals surface area contributed by atoms with Gasteiger partial charge in [-0.3, -0.25) is 5.10 Å². The van der Waals surface area contributed by atoms with Gasteiger partial charge in [-0.2, -0.15) is 10.4 Å². The topological polar surface area (TPSA) is 104 Å². The third-order valence-electron chi connectivity index (χ3n) is 7.09. The van der Waals surface area contributed by atoms with Crippen LogP contribution < -0.4 is 0 Å². The number of hydrogen-bond acceptors (Lipinski definition) is 4. The summed E-state index contributed by atoms with van der Waals surface area (Å²) in [5, 5.41) is 28.3. The third-order valence-corrected chi connectivity index (χ3v) is 7.09. The van der Waals surface area contributed by atoms with Gasteiger partial charge in [-0.25, -0.2) is 9.18 Å². The second-order valence-corrected chi connectivity index (χ2v) is 10.0. The Morgan fingerprint density at radius 3 is 2.80 bits per heavy atom. The lowest BCUT2D eigenvalue weighted by molar-refractivity contribution is -0.153. The highest BCUT2D eigenvalue weighted by atomic mass is 19.1. The van der Waals surface area contributed by atoms with Crippen LogP contribution in [-0.4, -0.2) is 38.6 Å². The molecule has 35 heavy (non-hydrogen) atoms. The summed E-state index contributed by atoms with van der Waals surface area (Å²) >= 11 is 0. The molecule has 0 bridgehead atoms. The number of H-pyrrole nitrogens is 1. The van der Waals surface area contributed by atoms with Crippen molar-refractivity contribution < 1.29 is 19.0 Å². The molecule has 180 valence electrons. The van der Waals surface area contributed by atoms with Gasteiger partial charge in [0.1, 0.15) is 5.82 Å². The van der Waals surface area contributed by atoms with E-state index < -0.39 is 17.5 Å². The summed E-state index contributed by atoms with van der Waals surface area (Å²) in [6.45, 7) is 6.09. The number of rotatable bonds is 5. The van der Waals surface area contributed by atoms with Crippen LogP contribution in [0.1, 0.15) is 55.8 Å². The first-order valence-corrected chi connectivity index (χ1v) is 11.7. The highest BCUT2D eigenvalue weighted by molar-refractivity contribution is 5.99. The summed E-state index contributed by atoms with van der Waals surface area (Å²) in [5.74, 6) is -1.28. The fourth-order valence-corrected chi connectivity index (χ4v) is 5.32. The van der Waals surface area contributed by atoms with Gasteiger partial charge in [-0.15, -0.1) is 0 Å². The Morgan fingerprint density at radius 2 is 2.14 bits per heavy atom. The largest absolute Gasteiger partial charge is 0.479 e. The fraction of sp³-hybridized carbons (Fsp3) is 0.370. The molecule has 0 saturated carbocycles. The molecular formula is C27H27FN4O3. The summed E-state index contributed by atoms with van der Waals surface area (Å²) in [6.07, 6.45) is 2.29. The van der Waals surface area contributed by atoms with Gasteiger partial charge in [-0.05, 0) is 61.2 Å². The highest BCUT2D eigenvalue weighted by Crippen LogP contribution is 2.45. The Bertz CT molecular complexity index is 1490. The van der Waals surface area contributed by atoms with Crippen LogP contribution in [0.3, 0.4) is 0 Å². The minimum atomic E-state index is -0.947. The van der Waals surface area contributed by atoms with Crippen LogP contribution in [0.25, 0.3) is 27.5 Å². The summed E-state index contributed by atoms with van der Waals surface area (Å²) in [6, 6.07) is 11.5. The molecule has 0 unspecified atom stereocenters. The van der Waals surface area contributed by atoms with Crippen molar-refractivity contribution in [3.8, 4) is 11.8 Å². The van der Waals surface area contributed by atoms with Gasteiger partial charge in [0.2, 0.25) is 0 Å². The fourth-order valence-electron chi connectivity index (χ4n) is 5.32. The van der Waals surface area contributed by atoms with Crippen molar-refractivity contribution in [1.82, 2.24) is 14.8 Å². The third kappa shape index (κ3) is 3.86. The van der Waals surface area contributed by atoms with Crippen molar-refractivity contribution in [2.75, 3.05) is 6.61 Å². The van der Waals surface area contributed by atoms with E-state index in [0.29, 0.717) is 18.4 Å². The zero-order valence-electron chi connectivity index (χ0n) is 19.9. The maximum atomic E-state index is 14.2. The lowest BCUT2D eigenvalue weighted by Crippen LogP contribution is -2.32. The summed E-state index contributed by atoms with van der Waals surface area (Å²) in [7, 11) is 0. The number of aliphatic carboxylic acids is 1. The molecule has 2 N–H and O–H groups in total. The van der Waals surface area contributed by atoms with Gasteiger partial charge >= 0.3 is 5.97 Å². The Morgan fingerprint density at radius 1 is 1.34 bits per heavy atom. The van der Waals surface area contributed by atoms with E-state index in [4.69, 9.17) is 4.74 Å². The van der Waals surface area contributed by atoms with Crippen LogP contribution in [-0.2, 0) is 14.9 Å². The number of benzene rings is 2. The number of carboxylic acids is 1. The molecule has 1 aliphatic heterocycles. The van der Waals surface area contributed by atoms with Crippen LogP contribution in [0.2, 0.25) is 0 Å².